The lowest BCUT2D eigenvalue weighted by atomic mass is 9.97. The molecule has 3 atom stereocenters. The number of rotatable bonds is 5. The first-order valence-electron chi connectivity index (χ1n) is 6.83. The molecule has 2 saturated heterocycles. The second kappa shape index (κ2) is 5.48. The molecule has 16 heavy (non-hydrogen) atoms. The highest BCUT2D eigenvalue weighted by Gasteiger charge is 2.35. The van der Waals surface area contributed by atoms with Crippen LogP contribution < -0.4 is 5.32 Å². The van der Waals surface area contributed by atoms with Crippen molar-refractivity contribution in [3.05, 3.63) is 0 Å². The highest BCUT2D eigenvalue weighted by Crippen LogP contribution is 2.29. The van der Waals surface area contributed by atoms with Gasteiger partial charge in [-0.25, -0.2) is 0 Å². The van der Waals surface area contributed by atoms with E-state index in [0.29, 0.717) is 12.5 Å². The fraction of sp³-hybridized carbons (Fsp3) is 1.00. The SMILES string of the molecule is CCN(CC(C)CO)C1CC2CCC(C1)N2. The van der Waals surface area contributed by atoms with E-state index in [-0.39, 0.29) is 0 Å². The van der Waals surface area contributed by atoms with Crippen LogP contribution in [0.5, 0.6) is 0 Å². The van der Waals surface area contributed by atoms with Gasteiger partial charge in [0, 0.05) is 31.3 Å². The van der Waals surface area contributed by atoms with E-state index in [4.69, 9.17) is 5.11 Å². The molecule has 2 rings (SSSR count). The molecule has 0 saturated carbocycles. The molecule has 94 valence electrons. The Morgan fingerprint density at radius 3 is 2.44 bits per heavy atom. The third-order valence-corrected chi connectivity index (χ3v) is 4.23. The van der Waals surface area contributed by atoms with E-state index in [0.717, 1.165) is 31.2 Å². The van der Waals surface area contributed by atoms with Crippen molar-refractivity contribution in [1.29, 1.82) is 0 Å². The molecule has 3 heteroatoms. The number of hydrogen-bond acceptors (Lipinski definition) is 3. The first kappa shape index (κ1) is 12.3. The van der Waals surface area contributed by atoms with Crippen LogP contribution in [0.15, 0.2) is 0 Å². The Morgan fingerprint density at radius 2 is 1.94 bits per heavy atom. The molecule has 2 aliphatic heterocycles. The van der Waals surface area contributed by atoms with Gasteiger partial charge in [0.1, 0.15) is 0 Å². The van der Waals surface area contributed by atoms with Gasteiger partial charge in [-0.3, -0.25) is 0 Å². The second-order valence-electron chi connectivity index (χ2n) is 5.64. The van der Waals surface area contributed by atoms with Crippen molar-refractivity contribution in [2.75, 3.05) is 19.7 Å². The maximum Gasteiger partial charge on any atom is 0.0468 e. The zero-order chi connectivity index (χ0) is 11.5. The van der Waals surface area contributed by atoms with Crippen LogP contribution in [0.1, 0.15) is 39.5 Å². The molecular formula is C13H26N2O. The molecular weight excluding hydrogens is 200 g/mol. The van der Waals surface area contributed by atoms with E-state index in [9.17, 15) is 0 Å². The average Bonchev–Trinajstić information content (AvgIpc) is 2.64. The predicted octanol–water partition coefficient (Wildman–Crippen LogP) is 1.22. The Hall–Kier alpha value is -0.120. The lowest BCUT2D eigenvalue weighted by Gasteiger charge is -2.38. The maximum absolute atomic E-state index is 9.15. The van der Waals surface area contributed by atoms with E-state index in [1.54, 1.807) is 0 Å². The van der Waals surface area contributed by atoms with Crippen LogP contribution in [-0.4, -0.2) is 47.8 Å². The molecule has 2 bridgehead atoms. The van der Waals surface area contributed by atoms with Crippen LogP contribution in [0.2, 0.25) is 0 Å². The first-order valence-corrected chi connectivity index (χ1v) is 6.83. The zero-order valence-electron chi connectivity index (χ0n) is 10.7. The van der Waals surface area contributed by atoms with E-state index in [1.165, 1.54) is 25.7 Å². The van der Waals surface area contributed by atoms with Gasteiger partial charge in [-0.1, -0.05) is 13.8 Å². The van der Waals surface area contributed by atoms with Gasteiger partial charge in [0.2, 0.25) is 0 Å². The molecule has 0 aromatic heterocycles. The third-order valence-electron chi connectivity index (χ3n) is 4.23. The first-order chi connectivity index (χ1) is 7.72. The summed E-state index contributed by atoms with van der Waals surface area (Å²) >= 11 is 0. The van der Waals surface area contributed by atoms with Crippen LogP contribution in [0.3, 0.4) is 0 Å². The molecule has 0 amide bonds. The molecule has 2 fully saturated rings. The lowest BCUT2D eigenvalue weighted by Crippen LogP contribution is -2.49. The van der Waals surface area contributed by atoms with E-state index < -0.39 is 0 Å². The summed E-state index contributed by atoms with van der Waals surface area (Å²) in [5.74, 6) is 0.410. The number of hydrogen-bond donors (Lipinski definition) is 2. The topological polar surface area (TPSA) is 35.5 Å². The molecule has 0 radical (unpaired) electrons. The van der Waals surface area contributed by atoms with Crippen molar-refractivity contribution >= 4 is 0 Å². The molecule has 0 aliphatic carbocycles. The number of fused-ring (bicyclic) bond motifs is 2. The van der Waals surface area contributed by atoms with Gasteiger partial charge < -0.3 is 15.3 Å². The Morgan fingerprint density at radius 1 is 1.31 bits per heavy atom. The largest absolute Gasteiger partial charge is 0.396 e. The summed E-state index contributed by atoms with van der Waals surface area (Å²) in [4.78, 5) is 2.58. The Kier molecular flexibility index (Phi) is 4.22. The summed E-state index contributed by atoms with van der Waals surface area (Å²) in [6.07, 6.45) is 5.35. The van der Waals surface area contributed by atoms with Gasteiger partial charge in [0.05, 0.1) is 0 Å². The minimum Gasteiger partial charge on any atom is -0.396 e. The van der Waals surface area contributed by atoms with Gasteiger partial charge in [-0.05, 0) is 38.1 Å². The summed E-state index contributed by atoms with van der Waals surface area (Å²) in [5, 5.41) is 12.8. The molecule has 3 nitrogen and oxygen atoms in total. The van der Waals surface area contributed by atoms with E-state index >= 15 is 0 Å². The average molecular weight is 226 g/mol. The van der Waals surface area contributed by atoms with Gasteiger partial charge in [0.15, 0.2) is 0 Å². The van der Waals surface area contributed by atoms with Crippen LogP contribution in [-0.2, 0) is 0 Å². The Bertz CT molecular complexity index is 210. The zero-order valence-corrected chi connectivity index (χ0v) is 10.7. The van der Waals surface area contributed by atoms with Crippen LogP contribution >= 0.6 is 0 Å². The number of aliphatic hydroxyl groups excluding tert-OH is 1. The van der Waals surface area contributed by atoms with Crippen molar-refractivity contribution in [3.63, 3.8) is 0 Å². The van der Waals surface area contributed by atoms with Crippen molar-refractivity contribution in [1.82, 2.24) is 10.2 Å². The quantitative estimate of drug-likeness (QED) is 0.740. The highest BCUT2D eigenvalue weighted by molar-refractivity contribution is 4.95. The van der Waals surface area contributed by atoms with Crippen molar-refractivity contribution in [3.8, 4) is 0 Å². The molecule has 2 N–H and O–H groups in total. The lowest BCUT2D eigenvalue weighted by molar-refractivity contribution is 0.110. The highest BCUT2D eigenvalue weighted by atomic mass is 16.3. The molecule has 0 aromatic carbocycles. The second-order valence-corrected chi connectivity index (χ2v) is 5.64. The van der Waals surface area contributed by atoms with E-state index in [1.807, 2.05) is 0 Å². The normalized spacial score (nSPS) is 35.6. The molecule has 2 heterocycles. The number of nitrogens with one attached hydrogen (secondary N) is 1. The number of piperidine rings is 1. The van der Waals surface area contributed by atoms with E-state index in [2.05, 4.69) is 24.1 Å². The third kappa shape index (κ3) is 2.76. The Labute approximate surface area is 99.2 Å². The Balaban J connectivity index is 1.88. The summed E-state index contributed by atoms with van der Waals surface area (Å²) in [7, 11) is 0. The maximum atomic E-state index is 9.15. The summed E-state index contributed by atoms with van der Waals surface area (Å²) in [6.45, 7) is 6.87. The van der Waals surface area contributed by atoms with Crippen molar-refractivity contribution in [2.24, 2.45) is 5.92 Å². The number of aliphatic hydroxyl groups is 1. The fourth-order valence-electron chi connectivity index (χ4n) is 3.32. The van der Waals surface area contributed by atoms with Crippen LogP contribution in [0, 0.1) is 5.92 Å². The monoisotopic (exact) mass is 226 g/mol. The van der Waals surface area contributed by atoms with Gasteiger partial charge >= 0.3 is 0 Å². The van der Waals surface area contributed by atoms with Crippen molar-refractivity contribution in [2.45, 2.75) is 57.7 Å². The standard InChI is InChI=1S/C13H26N2O/c1-3-15(8-10(2)9-16)13-6-11-4-5-12(7-13)14-11/h10-14,16H,3-9H2,1-2H3. The summed E-state index contributed by atoms with van der Waals surface area (Å²) in [6, 6.07) is 2.28. The molecule has 3 unspecified atom stereocenters. The van der Waals surface area contributed by atoms with Crippen LogP contribution in [0.4, 0.5) is 0 Å². The van der Waals surface area contributed by atoms with Gasteiger partial charge in [0.25, 0.3) is 0 Å². The minimum absolute atomic E-state index is 0.314. The molecule has 0 aromatic rings. The van der Waals surface area contributed by atoms with Gasteiger partial charge in [-0.15, -0.1) is 0 Å². The number of nitrogens with zero attached hydrogens (tertiary/aromatic N) is 1. The van der Waals surface area contributed by atoms with Crippen molar-refractivity contribution < 1.29 is 5.11 Å². The molecule has 0 spiro atoms. The smallest absolute Gasteiger partial charge is 0.0468 e. The minimum atomic E-state index is 0.314. The molecule has 2 aliphatic rings. The predicted molar refractivity (Wildman–Crippen MR) is 66.5 cm³/mol. The van der Waals surface area contributed by atoms with Crippen LogP contribution in [0.25, 0.3) is 0 Å². The summed E-state index contributed by atoms with van der Waals surface area (Å²) < 4.78 is 0. The van der Waals surface area contributed by atoms with Gasteiger partial charge in [-0.2, -0.15) is 0 Å². The summed E-state index contributed by atoms with van der Waals surface area (Å²) in [5.41, 5.74) is 0. The fourth-order valence-corrected chi connectivity index (χ4v) is 3.32.